The van der Waals surface area contributed by atoms with Crippen molar-refractivity contribution in [1.29, 1.82) is 0 Å². The van der Waals surface area contributed by atoms with Crippen molar-refractivity contribution in [3.05, 3.63) is 36.4 Å². The first-order chi connectivity index (χ1) is 9.06. The van der Waals surface area contributed by atoms with E-state index in [1.54, 1.807) is 18.2 Å². The van der Waals surface area contributed by atoms with E-state index in [0.29, 0.717) is 11.3 Å². The highest BCUT2D eigenvalue weighted by molar-refractivity contribution is 5.84. The van der Waals surface area contributed by atoms with Crippen LogP contribution in [0.1, 0.15) is 6.42 Å². The monoisotopic (exact) mass is 260 g/mol. The van der Waals surface area contributed by atoms with E-state index in [2.05, 4.69) is 10.3 Å². The van der Waals surface area contributed by atoms with Crippen molar-refractivity contribution in [3.8, 4) is 0 Å². The molecule has 0 radical (unpaired) electrons. The number of nitrogens with zero attached hydrogens (tertiary/aromatic N) is 1. The second kappa shape index (κ2) is 5.34. The quantitative estimate of drug-likeness (QED) is 0.754. The Bertz CT molecular complexity index is 627. The number of hydrogen-bond donors (Lipinski definition) is 3. The summed E-state index contributed by atoms with van der Waals surface area (Å²) >= 11 is 0. The van der Waals surface area contributed by atoms with Crippen molar-refractivity contribution in [2.45, 2.75) is 12.5 Å². The van der Waals surface area contributed by atoms with Gasteiger partial charge in [-0.3, -0.25) is 4.79 Å². The Morgan fingerprint density at radius 2 is 1.89 bits per heavy atom. The zero-order chi connectivity index (χ0) is 13.8. The predicted molar refractivity (Wildman–Crippen MR) is 69.0 cm³/mol. The second-order valence-corrected chi connectivity index (χ2v) is 4.02. The maximum absolute atomic E-state index is 10.9. The third-order valence-electron chi connectivity index (χ3n) is 2.60. The van der Waals surface area contributed by atoms with Crippen molar-refractivity contribution in [2.75, 3.05) is 5.32 Å². The van der Waals surface area contributed by atoms with Crippen molar-refractivity contribution in [2.24, 2.45) is 0 Å². The van der Waals surface area contributed by atoms with Crippen molar-refractivity contribution >= 4 is 28.7 Å². The van der Waals surface area contributed by atoms with Crippen LogP contribution in [0.25, 0.3) is 10.9 Å². The molecule has 0 aliphatic carbocycles. The molecular formula is C13H12N2O4. The topological polar surface area (TPSA) is 99.5 Å². The average molecular weight is 260 g/mol. The van der Waals surface area contributed by atoms with Gasteiger partial charge in [-0.2, -0.15) is 0 Å². The van der Waals surface area contributed by atoms with Gasteiger partial charge in [0, 0.05) is 5.39 Å². The number of benzene rings is 1. The minimum atomic E-state index is -1.22. The molecule has 0 saturated heterocycles. The molecule has 3 N–H and O–H groups in total. The molecule has 1 atom stereocenters. The van der Waals surface area contributed by atoms with E-state index < -0.39 is 24.4 Å². The molecule has 0 saturated carbocycles. The first-order valence-corrected chi connectivity index (χ1v) is 5.63. The van der Waals surface area contributed by atoms with Crippen LogP contribution in [0, 0.1) is 0 Å². The largest absolute Gasteiger partial charge is 0.481 e. The van der Waals surface area contributed by atoms with Gasteiger partial charge in [-0.25, -0.2) is 9.78 Å². The zero-order valence-electron chi connectivity index (χ0n) is 9.91. The van der Waals surface area contributed by atoms with Crippen LogP contribution in [0.3, 0.4) is 0 Å². The van der Waals surface area contributed by atoms with Crippen LogP contribution >= 0.6 is 0 Å². The summed E-state index contributed by atoms with van der Waals surface area (Å²) in [5.41, 5.74) is 0.715. The smallest absolute Gasteiger partial charge is 0.326 e. The third-order valence-corrected chi connectivity index (χ3v) is 2.60. The summed E-state index contributed by atoms with van der Waals surface area (Å²) in [6.07, 6.45) is -0.510. The predicted octanol–water partition coefficient (Wildman–Crippen LogP) is 1.57. The first kappa shape index (κ1) is 12.8. The standard InChI is InChI=1S/C13H12N2O4/c16-12(17)7-10(13(18)19)15-11-6-5-8-3-1-2-4-9(8)14-11/h1-6,10H,7H2,(H,14,15)(H,16,17)(H,18,19)/t10-/m0/s1. The van der Waals surface area contributed by atoms with Gasteiger partial charge in [0.05, 0.1) is 11.9 Å². The number of nitrogens with one attached hydrogen (secondary N) is 1. The van der Waals surface area contributed by atoms with E-state index in [1.165, 1.54) is 0 Å². The Labute approximate surface area is 108 Å². The molecule has 0 aliphatic rings. The number of fused-ring (bicyclic) bond motifs is 1. The minimum absolute atomic E-state index is 0.340. The summed E-state index contributed by atoms with van der Waals surface area (Å²) in [5.74, 6) is -2.06. The minimum Gasteiger partial charge on any atom is -0.481 e. The fourth-order valence-electron chi connectivity index (χ4n) is 1.70. The second-order valence-electron chi connectivity index (χ2n) is 4.02. The molecule has 0 spiro atoms. The normalized spacial score (nSPS) is 12.0. The number of carboxylic acids is 2. The van der Waals surface area contributed by atoms with E-state index in [4.69, 9.17) is 10.2 Å². The van der Waals surface area contributed by atoms with Gasteiger partial charge in [0.2, 0.25) is 0 Å². The number of carbonyl (C=O) groups is 2. The van der Waals surface area contributed by atoms with Crippen LogP contribution in [0.4, 0.5) is 5.82 Å². The Hall–Kier alpha value is -2.63. The Balaban J connectivity index is 2.23. The summed E-state index contributed by atoms with van der Waals surface area (Å²) in [6.45, 7) is 0. The van der Waals surface area contributed by atoms with Gasteiger partial charge >= 0.3 is 11.9 Å². The third kappa shape index (κ3) is 3.19. The molecule has 0 aliphatic heterocycles. The van der Waals surface area contributed by atoms with Gasteiger partial charge in [-0.15, -0.1) is 0 Å². The number of aromatic nitrogens is 1. The highest BCUT2D eigenvalue weighted by atomic mass is 16.4. The Morgan fingerprint density at radius 3 is 2.58 bits per heavy atom. The number of rotatable bonds is 5. The van der Waals surface area contributed by atoms with Crippen LogP contribution < -0.4 is 5.32 Å². The summed E-state index contributed by atoms with van der Waals surface area (Å²) in [6, 6.07) is 9.61. The van der Waals surface area contributed by atoms with Gasteiger partial charge in [-0.1, -0.05) is 18.2 Å². The molecule has 0 unspecified atom stereocenters. The lowest BCUT2D eigenvalue weighted by Gasteiger charge is -2.13. The molecule has 2 aromatic rings. The maximum atomic E-state index is 10.9. The molecule has 0 bridgehead atoms. The van der Waals surface area contributed by atoms with E-state index in [9.17, 15) is 9.59 Å². The van der Waals surface area contributed by atoms with Crippen molar-refractivity contribution in [1.82, 2.24) is 4.98 Å². The highest BCUT2D eigenvalue weighted by Crippen LogP contribution is 2.15. The fourth-order valence-corrected chi connectivity index (χ4v) is 1.70. The van der Waals surface area contributed by atoms with Gasteiger partial charge in [0.1, 0.15) is 11.9 Å². The Kier molecular flexibility index (Phi) is 3.61. The Morgan fingerprint density at radius 1 is 1.16 bits per heavy atom. The maximum Gasteiger partial charge on any atom is 0.326 e. The fraction of sp³-hybridized carbons (Fsp3) is 0.154. The van der Waals surface area contributed by atoms with Gasteiger partial charge in [-0.05, 0) is 18.2 Å². The summed E-state index contributed by atoms with van der Waals surface area (Å²) in [4.78, 5) is 25.8. The molecule has 6 heteroatoms. The highest BCUT2D eigenvalue weighted by Gasteiger charge is 2.21. The summed E-state index contributed by atoms with van der Waals surface area (Å²) in [7, 11) is 0. The van der Waals surface area contributed by atoms with Crippen molar-refractivity contribution in [3.63, 3.8) is 0 Å². The molecule has 19 heavy (non-hydrogen) atoms. The van der Waals surface area contributed by atoms with Crippen LogP contribution in [0.15, 0.2) is 36.4 Å². The lowest BCUT2D eigenvalue weighted by atomic mass is 10.2. The zero-order valence-corrected chi connectivity index (χ0v) is 9.91. The van der Waals surface area contributed by atoms with Crippen LogP contribution in [-0.4, -0.2) is 33.2 Å². The summed E-state index contributed by atoms with van der Waals surface area (Å²) < 4.78 is 0. The number of carboxylic acid groups (broad SMARTS) is 2. The number of anilines is 1. The molecule has 2 rings (SSSR count). The number of para-hydroxylation sites is 1. The van der Waals surface area contributed by atoms with Gasteiger partial charge in [0.15, 0.2) is 0 Å². The van der Waals surface area contributed by atoms with E-state index >= 15 is 0 Å². The van der Waals surface area contributed by atoms with E-state index in [-0.39, 0.29) is 0 Å². The van der Waals surface area contributed by atoms with Gasteiger partial charge in [0.25, 0.3) is 0 Å². The average Bonchev–Trinajstić information content (AvgIpc) is 2.37. The number of pyridine rings is 1. The van der Waals surface area contributed by atoms with Crippen LogP contribution in [0.2, 0.25) is 0 Å². The number of aliphatic carboxylic acids is 2. The van der Waals surface area contributed by atoms with E-state index in [1.807, 2.05) is 18.2 Å². The van der Waals surface area contributed by atoms with Gasteiger partial charge < -0.3 is 15.5 Å². The molecule has 6 nitrogen and oxygen atoms in total. The lowest BCUT2D eigenvalue weighted by Crippen LogP contribution is -2.32. The molecule has 1 aromatic carbocycles. The van der Waals surface area contributed by atoms with Crippen LogP contribution in [0.5, 0.6) is 0 Å². The SMILES string of the molecule is O=C(O)C[C@H](Nc1ccc2ccccc2n1)C(=O)O. The molecular weight excluding hydrogens is 248 g/mol. The molecule has 98 valence electrons. The van der Waals surface area contributed by atoms with Crippen LogP contribution in [-0.2, 0) is 9.59 Å². The molecule has 1 heterocycles. The van der Waals surface area contributed by atoms with E-state index in [0.717, 1.165) is 5.39 Å². The first-order valence-electron chi connectivity index (χ1n) is 5.63. The van der Waals surface area contributed by atoms with Crippen molar-refractivity contribution < 1.29 is 19.8 Å². The molecule has 0 fully saturated rings. The molecule has 0 amide bonds. The lowest BCUT2D eigenvalue weighted by molar-refractivity contribution is -0.144. The summed E-state index contributed by atoms with van der Waals surface area (Å²) in [5, 5.41) is 21.1. The molecule has 1 aromatic heterocycles. The number of hydrogen-bond acceptors (Lipinski definition) is 4.